The van der Waals surface area contributed by atoms with Gasteiger partial charge in [0, 0.05) is 59.8 Å². The van der Waals surface area contributed by atoms with Crippen LogP contribution in [0.5, 0.6) is 17.2 Å². The smallest absolute Gasteiger partial charge is 0.411 e. The van der Waals surface area contributed by atoms with Gasteiger partial charge in [0.1, 0.15) is 35.1 Å². The van der Waals surface area contributed by atoms with Crippen LogP contribution in [0, 0.1) is 0 Å². The zero-order valence-corrected chi connectivity index (χ0v) is 35.1. The molecule has 320 valence electrons. The SMILES string of the molecule is CCc1c2c(nc3ccc(OCC(=O)N(C)CCn4ccc5cc(N(C(=[NH2+])c6cc(C(C)C)c(O)cc6O)C(N)=O)ccc54)cc13)-c1cc3c(c(=O)n1C2)COC(=O)C3(O)CC. The van der Waals surface area contributed by atoms with Gasteiger partial charge in [0.05, 0.1) is 29.0 Å². The van der Waals surface area contributed by atoms with Crippen molar-refractivity contribution in [2.45, 2.75) is 71.8 Å². The molecule has 16 heteroatoms. The lowest BCUT2D eigenvalue weighted by atomic mass is 9.86. The van der Waals surface area contributed by atoms with Crippen LogP contribution >= 0.6 is 0 Å². The van der Waals surface area contributed by atoms with Crippen LogP contribution < -0.4 is 26.3 Å². The summed E-state index contributed by atoms with van der Waals surface area (Å²) in [6, 6.07) is 16.1. The number of amidine groups is 1. The van der Waals surface area contributed by atoms with Gasteiger partial charge in [-0.25, -0.2) is 14.6 Å². The van der Waals surface area contributed by atoms with Crippen LogP contribution in [-0.4, -0.2) is 78.3 Å². The minimum absolute atomic E-state index is 0.0561. The lowest BCUT2D eigenvalue weighted by Crippen LogP contribution is -2.55. The van der Waals surface area contributed by atoms with Crippen LogP contribution in [0.15, 0.2) is 71.7 Å². The second-order valence-electron chi connectivity index (χ2n) is 16.1. The number of esters is 1. The number of carbonyl (C=O) groups is 3. The largest absolute Gasteiger partial charge is 0.508 e. The van der Waals surface area contributed by atoms with E-state index < -0.39 is 17.6 Å². The molecule has 3 aromatic heterocycles. The zero-order chi connectivity index (χ0) is 44.4. The lowest BCUT2D eigenvalue weighted by Gasteiger charge is -2.31. The van der Waals surface area contributed by atoms with E-state index in [1.54, 1.807) is 53.8 Å². The fraction of sp³-hybridized carbons (Fsp3) is 0.304. The van der Waals surface area contributed by atoms with Crippen molar-refractivity contribution >= 4 is 51.2 Å². The van der Waals surface area contributed by atoms with E-state index in [-0.39, 0.29) is 77.6 Å². The van der Waals surface area contributed by atoms with Gasteiger partial charge >= 0.3 is 12.0 Å². The number of phenolic OH excluding ortho intramolecular Hbond substituents is 2. The van der Waals surface area contributed by atoms with Crippen LogP contribution in [0.1, 0.15) is 73.4 Å². The van der Waals surface area contributed by atoms with Crippen molar-refractivity contribution in [2.75, 3.05) is 25.1 Å². The Morgan fingerprint density at radius 1 is 1.03 bits per heavy atom. The second-order valence-corrected chi connectivity index (χ2v) is 16.1. The minimum atomic E-state index is -1.91. The Labute approximate surface area is 355 Å². The number of nitrogens with zero attached hydrogens (tertiary/aromatic N) is 5. The Balaban J connectivity index is 0.948. The first-order valence-electron chi connectivity index (χ1n) is 20.4. The highest BCUT2D eigenvalue weighted by Crippen LogP contribution is 2.41. The molecule has 62 heavy (non-hydrogen) atoms. The van der Waals surface area contributed by atoms with Crippen molar-refractivity contribution in [2.24, 2.45) is 5.73 Å². The number of nitrogens with two attached hydrogens (primary N) is 2. The van der Waals surface area contributed by atoms with Crippen molar-refractivity contribution in [3.8, 4) is 28.6 Å². The van der Waals surface area contributed by atoms with Crippen molar-refractivity contribution in [3.63, 3.8) is 0 Å². The molecule has 1 atom stereocenters. The summed E-state index contributed by atoms with van der Waals surface area (Å²) in [5, 5.41) is 40.2. The Morgan fingerprint density at radius 2 is 1.81 bits per heavy atom. The second kappa shape index (κ2) is 15.7. The van der Waals surface area contributed by atoms with Gasteiger partial charge in [-0.15, -0.1) is 4.90 Å². The Hall–Kier alpha value is -7.20. The number of aryl methyl sites for hydroxylation is 1. The predicted molar refractivity (Wildman–Crippen MR) is 231 cm³/mol. The third-order valence-corrected chi connectivity index (χ3v) is 12.1. The molecule has 3 amide bonds. The molecule has 1 unspecified atom stereocenters. The minimum Gasteiger partial charge on any atom is -0.508 e. The maximum absolute atomic E-state index is 13.7. The molecule has 16 nitrogen and oxygen atoms in total. The molecule has 0 spiro atoms. The molecule has 0 radical (unpaired) electrons. The van der Waals surface area contributed by atoms with Gasteiger partial charge in [-0.1, -0.05) is 27.7 Å². The van der Waals surface area contributed by atoms with Gasteiger partial charge in [-0.05, 0) is 84.5 Å². The molecule has 0 saturated carbocycles. The highest BCUT2D eigenvalue weighted by molar-refractivity contribution is 6.21. The summed E-state index contributed by atoms with van der Waals surface area (Å²) in [6.07, 6.45) is 2.56. The van der Waals surface area contributed by atoms with E-state index in [0.717, 1.165) is 32.3 Å². The summed E-state index contributed by atoms with van der Waals surface area (Å²) in [5.41, 5.74) is 9.67. The quantitative estimate of drug-likeness (QED) is 0.0720. The number of rotatable bonds is 11. The van der Waals surface area contributed by atoms with Gasteiger partial charge in [0.2, 0.25) is 0 Å². The fourth-order valence-corrected chi connectivity index (χ4v) is 8.56. The van der Waals surface area contributed by atoms with Gasteiger partial charge in [-0.2, -0.15) is 0 Å². The summed E-state index contributed by atoms with van der Waals surface area (Å²) >= 11 is 0. The molecule has 5 heterocycles. The monoisotopic (exact) mass is 842 g/mol. The number of hydrogen-bond acceptors (Lipinski definition) is 10. The van der Waals surface area contributed by atoms with E-state index >= 15 is 0 Å². The number of likely N-dealkylation sites (N-methyl/N-ethyl adjacent to an activating group) is 1. The molecule has 0 fully saturated rings. The molecular formula is C46H48N7O9+. The molecule has 0 aliphatic carbocycles. The molecule has 7 N–H and O–H groups in total. The number of cyclic esters (lactones) is 1. The number of aliphatic hydroxyl groups is 1. The first kappa shape index (κ1) is 41.5. The molecule has 0 saturated heterocycles. The molecule has 0 bridgehead atoms. The third kappa shape index (κ3) is 6.85. The number of hydrogen-bond donors (Lipinski definition) is 5. The number of pyridine rings is 2. The molecule has 3 aromatic carbocycles. The first-order chi connectivity index (χ1) is 29.6. The number of ether oxygens (including phenoxy) is 2. The number of aromatic hydroxyl groups is 2. The Bertz CT molecular complexity index is 2940. The summed E-state index contributed by atoms with van der Waals surface area (Å²) in [5.74, 6) is -1.09. The van der Waals surface area contributed by atoms with E-state index in [1.807, 2.05) is 55.8 Å². The maximum Gasteiger partial charge on any atom is 0.411 e. The standard InChI is InChI=1S/C46H47N7O9/c1-6-28-30-17-27(9-10-35(30)49-41-32(28)21-52-37(41)19-34-33(43(52)57)22-62-44(58)46(34,60)7-2)61-23-40(56)50(5)14-15-51-13-12-25-16-26(8-11-36(25)51)53(45(48)59)42(47)31-18-29(24(3)4)38(54)20-39(31)55/h8-13,16-20,24,47,54-55,60H,6-7,14-15,21-23H2,1-5H3,(H2,48,59)/p+1. The predicted octanol–water partition coefficient (Wildman–Crippen LogP) is 3.76. The molecular weight excluding hydrogens is 795 g/mol. The van der Waals surface area contributed by atoms with E-state index in [4.69, 9.17) is 25.6 Å². The Kier molecular flexibility index (Phi) is 10.5. The fourth-order valence-electron chi connectivity index (χ4n) is 8.56. The number of anilines is 1. The van der Waals surface area contributed by atoms with Gasteiger partial charge in [0.25, 0.3) is 17.3 Å². The number of amides is 3. The van der Waals surface area contributed by atoms with Crippen LogP contribution in [-0.2, 0) is 46.0 Å². The average molecular weight is 843 g/mol. The number of urea groups is 1. The average Bonchev–Trinajstić information content (AvgIpc) is 3.83. The lowest BCUT2D eigenvalue weighted by molar-refractivity contribution is -0.172. The number of aromatic nitrogens is 3. The number of fused-ring (bicyclic) bond motifs is 6. The van der Waals surface area contributed by atoms with Gasteiger partial charge < -0.3 is 44.6 Å². The zero-order valence-electron chi connectivity index (χ0n) is 35.1. The van der Waals surface area contributed by atoms with Crippen LogP contribution in [0.4, 0.5) is 10.5 Å². The molecule has 2 aliphatic rings. The molecule has 2 aliphatic heterocycles. The third-order valence-electron chi connectivity index (χ3n) is 12.1. The molecule has 8 rings (SSSR count). The van der Waals surface area contributed by atoms with E-state index in [0.29, 0.717) is 53.4 Å². The topological polar surface area (TPSA) is 228 Å². The van der Waals surface area contributed by atoms with Gasteiger partial charge in [0.15, 0.2) is 12.2 Å². The summed E-state index contributed by atoms with van der Waals surface area (Å²) in [4.78, 5) is 59.9. The first-order valence-corrected chi connectivity index (χ1v) is 20.4. The highest BCUT2D eigenvalue weighted by Gasteiger charge is 2.45. The van der Waals surface area contributed by atoms with Crippen LogP contribution in [0.2, 0.25) is 0 Å². The highest BCUT2D eigenvalue weighted by atomic mass is 16.6. The normalized spacial score (nSPS) is 15.3. The van der Waals surface area contributed by atoms with E-state index in [9.17, 15) is 34.5 Å². The summed E-state index contributed by atoms with van der Waals surface area (Å²) in [7, 11) is 1.70. The molecule has 6 aromatic rings. The number of phenols is 2. The van der Waals surface area contributed by atoms with Crippen molar-refractivity contribution in [1.29, 1.82) is 0 Å². The Morgan fingerprint density at radius 3 is 2.52 bits per heavy atom. The number of carbonyl (C=O) groups excluding carboxylic acids is 3. The van der Waals surface area contributed by atoms with Crippen molar-refractivity contribution < 1.29 is 44.6 Å². The van der Waals surface area contributed by atoms with Crippen molar-refractivity contribution in [3.05, 3.63) is 111 Å². The van der Waals surface area contributed by atoms with E-state index in [2.05, 4.69) is 0 Å². The van der Waals surface area contributed by atoms with Crippen LogP contribution in [0.3, 0.4) is 0 Å². The van der Waals surface area contributed by atoms with E-state index in [1.165, 1.54) is 6.07 Å². The number of benzene rings is 3. The summed E-state index contributed by atoms with van der Waals surface area (Å²) < 4.78 is 14.8. The number of primary amides is 1. The van der Waals surface area contributed by atoms with Gasteiger partial charge in [-0.3, -0.25) is 15.0 Å². The summed E-state index contributed by atoms with van der Waals surface area (Å²) in [6.45, 7) is 8.14. The van der Waals surface area contributed by atoms with Crippen molar-refractivity contribution in [1.82, 2.24) is 19.0 Å². The van der Waals surface area contributed by atoms with Crippen LogP contribution in [0.25, 0.3) is 33.2 Å². The maximum atomic E-state index is 13.7.